The number of carbonyl (C=O) groups is 2. The van der Waals surface area contributed by atoms with Crippen LogP contribution < -0.4 is 9.80 Å². The third-order valence-electron chi connectivity index (χ3n) is 4.13. The van der Waals surface area contributed by atoms with Crippen molar-refractivity contribution in [2.24, 2.45) is 5.11 Å². The first-order valence-corrected chi connectivity index (χ1v) is 7.63. The maximum atomic E-state index is 14.4. The number of anilines is 2. The average molecular weight is 333 g/mol. The zero-order chi connectivity index (χ0) is 17.1. The Morgan fingerprint density at radius 3 is 2.75 bits per heavy atom. The molecule has 126 valence electrons. The number of ketones is 1. The molecule has 1 aromatic carbocycles. The number of nitrogens with zero attached hydrogens (tertiary/aromatic N) is 5. The quantitative estimate of drug-likeness (QED) is 0.480. The lowest BCUT2D eigenvalue weighted by Crippen LogP contribution is -2.34. The molecule has 2 fully saturated rings. The van der Waals surface area contributed by atoms with Crippen LogP contribution in [0.3, 0.4) is 0 Å². The van der Waals surface area contributed by atoms with Crippen molar-refractivity contribution in [2.45, 2.75) is 18.9 Å². The van der Waals surface area contributed by atoms with Gasteiger partial charge in [0.25, 0.3) is 0 Å². The molecule has 0 saturated carbocycles. The average Bonchev–Trinajstić information content (AvgIpc) is 2.95. The van der Waals surface area contributed by atoms with Gasteiger partial charge >= 0.3 is 6.09 Å². The molecule has 0 bridgehead atoms. The molecule has 1 aromatic rings. The first-order chi connectivity index (χ1) is 11.6. The van der Waals surface area contributed by atoms with Gasteiger partial charge in [0.2, 0.25) is 0 Å². The number of carbonyl (C=O) groups excluding carboxylic acids is 2. The Hall–Kier alpha value is -2.80. The highest BCUT2D eigenvalue weighted by molar-refractivity contribution is 5.90. The molecule has 0 aromatic heterocycles. The predicted molar refractivity (Wildman–Crippen MR) is 84.5 cm³/mol. The van der Waals surface area contributed by atoms with Gasteiger partial charge in [-0.2, -0.15) is 0 Å². The van der Waals surface area contributed by atoms with Gasteiger partial charge in [-0.25, -0.2) is 9.18 Å². The van der Waals surface area contributed by atoms with Crippen LogP contribution in [0.5, 0.6) is 0 Å². The SMILES string of the molecule is [N-]=[N+]=NC[C@@H]1CN(c2ccc(N3CCC(=O)CC3)c(F)c2)C(=O)O1. The topological polar surface area (TPSA) is 98.6 Å². The number of rotatable bonds is 4. The lowest BCUT2D eigenvalue weighted by atomic mass is 10.1. The molecule has 8 nitrogen and oxygen atoms in total. The Morgan fingerprint density at radius 2 is 2.08 bits per heavy atom. The fourth-order valence-electron chi connectivity index (χ4n) is 2.87. The van der Waals surface area contributed by atoms with Gasteiger partial charge in [-0.3, -0.25) is 9.69 Å². The van der Waals surface area contributed by atoms with Crippen LogP contribution in [-0.2, 0) is 9.53 Å². The highest BCUT2D eigenvalue weighted by Crippen LogP contribution is 2.29. The Bertz CT molecular complexity index is 709. The van der Waals surface area contributed by atoms with Gasteiger partial charge in [-0.05, 0) is 23.7 Å². The fourth-order valence-corrected chi connectivity index (χ4v) is 2.87. The summed E-state index contributed by atoms with van der Waals surface area (Å²) < 4.78 is 19.5. The van der Waals surface area contributed by atoms with Gasteiger partial charge in [0, 0.05) is 30.8 Å². The smallest absolute Gasteiger partial charge is 0.414 e. The molecule has 1 atom stereocenters. The predicted octanol–water partition coefficient (Wildman–Crippen LogP) is 2.63. The van der Waals surface area contributed by atoms with E-state index in [-0.39, 0.29) is 18.9 Å². The molecule has 2 aliphatic heterocycles. The number of halogens is 1. The molecule has 0 unspecified atom stereocenters. The van der Waals surface area contributed by atoms with E-state index in [1.165, 1.54) is 11.0 Å². The Balaban J connectivity index is 1.74. The van der Waals surface area contributed by atoms with Crippen LogP contribution in [0.15, 0.2) is 23.3 Å². The van der Waals surface area contributed by atoms with Gasteiger partial charge in [0.1, 0.15) is 17.7 Å². The Morgan fingerprint density at radius 1 is 1.33 bits per heavy atom. The van der Waals surface area contributed by atoms with Gasteiger partial charge < -0.3 is 9.64 Å². The van der Waals surface area contributed by atoms with E-state index in [0.717, 1.165) is 0 Å². The van der Waals surface area contributed by atoms with E-state index in [9.17, 15) is 14.0 Å². The standard InChI is InChI=1S/C15H16FN5O3/c16-13-7-10(21-9-12(8-18-19-17)24-15(21)23)1-2-14(13)20-5-3-11(22)4-6-20/h1-2,7,12H,3-6,8-9H2/t12-/m1/s1. The van der Waals surface area contributed by atoms with Crippen LogP contribution in [0.2, 0.25) is 0 Å². The summed E-state index contributed by atoms with van der Waals surface area (Å²) in [5, 5.41) is 3.38. The van der Waals surface area contributed by atoms with E-state index in [1.807, 2.05) is 4.90 Å². The molecule has 24 heavy (non-hydrogen) atoms. The lowest BCUT2D eigenvalue weighted by molar-refractivity contribution is -0.119. The normalized spacial score (nSPS) is 20.8. The van der Waals surface area contributed by atoms with Crippen molar-refractivity contribution in [3.63, 3.8) is 0 Å². The van der Waals surface area contributed by atoms with Crippen molar-refractivity contribution in [3.05, 3.63) is 34.5 Å². The Kier molecular flexibility index (Phi) is 4.52. The minimum atomic E-state index is -0.594. The minimum Gasteiger partial charge on any atom is -0.444 e. The number of hydrogen-bond donors (Lipinski definition) is 0. The number of Topliss-reactive ketones (excluding diaryl/α,β-unsaturated/α-hetero) is 1. The van der Waals surface area contributed by atoms with Crippen molar-refractivity contribution in [1.82, 2.24) is 0 Å². The summed E-state index contributed by atoms with van der Waals surface area (Å²) in [5.74, 6) is -0.262. The van der Waals surface area contributed by atoms with Crippen molar-refractivity contribution >= 4 is 23.3 Å². The maximum Gasteiger partial charge on any atom is 0.414 e. The third-order valence-corrected chi connectivity index (χ3v) is 4.13. The summed E-state index contributed by atoms with van der Waals surface area (Å²) in [6.45, 7) is 1.24. The van der Waals surface area contributed by atoms with Crippen molar-refractivity contribution in [3.8, 4) is 0 Å². The zero-order valence-electron chi connectivity index (χ0n) is 12.9. The monoisotopic (exact) mass is 333 g/mol. The van der Waals surface area contributed by atoms with E-state index in [2.05, 4.69) is 10.0 Å². The van der Waals surface area contributed by atoms with E-state index in [4.69, 9.17) is 10.3 Å². The number of ether oxygens (including phenoxy) is 1. The van der Waals surface area contributed by atoms with Crippen molar-refractivity contribution in [1.29, 1.82) is 0 Å². The molecular formula is C15H16FN5O3. The number of amides is 1. The maximum absolute atomic E-state index is 14.4. The minimum absolute atomic E-state index is 0.0428. The van der Waals surface area contributed by atoms with Crippen LogP contribution in [-0.4, -0.2) is 44.2 Å². The zero-order valence-corrected chi connectivity index (χ0v) is 12.9. The second kappa shape index (κ2) is 6.76. The van der Waals surface area contributed by atoms with Gasteiger partial charge in [0.05, 0.1) is 24.5 Å². The van der Waals surface area contributed by atoms with Gasteiger partial charge in [-0.15, -0.1) is 0 Å². The number of benzene rings is 1. The van der Waals surface area contributed by atoms with E-state index in [0.29, 0.717) is 37.3 Å². The molecular weight excluding hydrogens is 317 g/mol. The summed E-state index contributed by atoms with van der Waals surface area (Å²) >= 11 is 0. The summed E-state index contributed by atoms with van der Waals surface area (Å²) in [4.78, 5) is 28.9. The molecule has 3 rings (SSSR count). The number of azide groups is 1. The number of piperidine rings is 1. The van der Waals surface area contributed by atoms with E-state index >= 15 is 0 Å². The van der Waals surface area contributed by atoms with Crippen LogP contribution in [0.4, 0.5) is 20.6 Å². The molecule has 0 N–H and O–H groups in total. The van der Waals surface area contributed by atoms with Crippen LogP contribution >= 0.6 is 0 Å². The molecule has 2 aliphatic rings. The second-order valence-electron chi connectivity index (χ2n) is 5.69. The summed E-state index contributed by atoms with van der Waals surface area (Å²) in [6.07, 6.45) is -0.297. The summed E-state index contributed by atoms with van der Waals surface area (Å²) in [7, 11) is 0. The van der Waals surface area contributed by atoms with E-state index < -0.39 is 18.0 Å². The molecule has 0 radical (unpaired) electrons. The fraction of sp³-hybridized carbons (Fsp3) is 0.467. The van der Waals surface area contributed by atoms with Crippen molar-refractivity contribution < 1.29 is 18.7 Å². The van der Waals surface area contributed by atoms with Crippen LogP contribution in [0, 0.1) is 5.82 Å². The largest absolute Gasteiger partial charge is 0.444 e. The third kappa shape index (κ3) is 3.26. The Labute approximate surface area is 137 Å². The van der Waals surface area contributed by atoms with Crippen molar-refractivity contribution in [2.75, 3.05) is 36.0 Å². The van der Waals surface area contributed by atoms with E-state index in [1.54, 1.807) is 12.1 Å². The highest BCUT2D eigenvalue weighted by atomic mass is 19.1. The first-order valence-electron chi connectivity index (χ1n) is 7.63. The molecule has 2 heterocycles. The second-order valence-corrected chi connectivity index (χ2v) is 5.69. The van der Waals surface area contributed by atoms with Gasteiger partial charge in [-0.1, -0.05) is 5.11 Å². The number of cyclic esters (lactones) is 1. The number of hydrogen-bond acceptors (Lipinski definition) is 5. The molecule has 9 heteroatoms. The summed E-state index contributed by atoms with van der Waals surface area (Å²) in [6, 6.07) is 4.53. The summed E-state index contributed by atoms with van der Waals surface area (Å²) in [5.41, 5.74) is 9.12. The van der Waals surface area contributed by atoms with Crippen LogP contribution in [0.25, 0.3) is 10.4 Å². The van der Waals surface area contributed by atoms with Crippen LogP contribution in [0.1, 0.15) is 12.8 Å². The highest BCUT2D eigenvalue weighted by Gasteiger charge is 2.32. The molecule has 1 amide bonds. The molecule has 0 spiro atoms. The van der Waals surface area contributed by atoms with Gasteiger partial charge in [0.15, 0.2) is 0 Å². The molecule has 2 saturated heterocycles. The molecule has 0 aliphatic carbocycles. The lowest BCUT2D eigenvalue weighted by Gasteiger charge is -2.28. The first kappa shape index (κ1) is 16.1.